The molecule has 0 atom stereocenters. The van der Waals surface area contributed by atoms with Crippen molar-refractivity contribution in [2.45, 2.75) is 41.5 Å². The van der Waals surface area contributed by atoms with Crippen molar-refractivity contribution in [1.29, 1.82) is 0 Å². The molecule has 5 heteroatoms. The molecule has 0 aliphatic carbocycles. The zero-order chi connectivity index (χ0) is 22.0. The van der Waals surface area contributed by atoms with Crippen LogP contribution in [-0.4, -0.2) is 14.0 Å². The largest absolute Gasteiger partial charge is 0.318 e. The minimum absolute atomic E-state index is 0.00212. The van der Waals surface area contributed by atoms with Crippen LogP contribution in [0, 0.1) is 41.5 Å². The molecule has 0 N–H and O–H groups in total. The molecule has 0 fully saturated rings. The van der Waals surface area contributed by atoms with E-state index in [4.69, 9.17) is 4.98 Å². The van der Waals surface area contributed by atoms with Gasteiger partial charge in [0.15, 0.2) is 4.96 Å². The number of aromatic nitrogens is 3. The maximum absolute atomic E-state index is 13.3. The van der Waals surface area contributed by atoms with Crippen molar-refractivity contribution in [3.05, 3.63) is 90.5 Å². The molecule has 0 spiro atoms. The Morgan fingerprint density at radius 2 is 1.68 bits per heavy atom. The van der Waals surface area contributed by atoms with Gasteiger partial charge in [-0.1, -0.05) is 23.5 Å². The van der Waals surface area contributed by atoms with Crippen LogP contribution in [0.5, 0.6) is 0 Å². The van der Waals surface area contributed by atoms with E-state index in [1.165, 1.54) is 39.3 Å². The van der Waals surface area contributed by atoms with E-state index in [2.05, 4.69) is 82.5 Å². The predicted molar refractivity (Wildman–Crippen MR) is 130 cm³/mol. The molecule has 0 bridgehead atoms. The first kappa shape index (κ1) is 19.8. The number of aryl methyl sites for hydroxylation is 4. The van der Waals surface area contributed by atoms with Crippen molar-refractivity contribution in [2.75, 3.05) is 0 Å². The van der Waals surface area contributed by atoms with Crippen molar-refractivity contribution in [1.82, 2.24) is 14.0 Å². The number of hydrogen-bond acceptors (Lipinski definition) is 3. The summed E-state index contributed by atoms with van der Waals surface area (Å²) < 4.78 is 4.74. The van der Waals surface area contributed by atoms with Gasteiger partial charge in [0.1, 0.15) is 0 Å². The van der Waals surface area contributed by atoms with Crippen LogP contribution in [0.25, 0.3) is 27.8 Å². The fourth-order valence-corrected chi connectivity index (χ4v) is 5.32. The summed E-state index contributed by atoms with van der Waals surface area (Å²) in [6.07, 6.45) is 2.01. The number of thiazole rings is 1. The minimum atomic E-state index is 0.00212. The third-order valence-electron chi connectivity index (χ3n) is 6.43. The van der Waals surface area contributed by atoms with Gasteiger partial charge in [-0.2, -0.15) is 0 Å². The Labute approximate surface area is 185 Å². The van der Waals surface area contributed by atoms with Crippen LogP contribution in [0.4, 0.5) is 0 Å². The van der Waals surface area contributed by atoms with Crippen molar-refractivity contribution < 1.29 is 0 Å². The topological polar surface area (TPSA) is 39.3 Å². The average molecular weight is 428 g/mol. The van der Waals surface area contributed by atoms with Crippen molar-refractivity contribution >= 4 is 33.4 Å². The summed E-state index contributed by atoms with van der Waals surface area (Å²) in [7, 11) is 0. The summed E-state index contributed by atoms with van der Waals surface area (Å²) >= 11 is 1.46. The number of rotatable bonds is 2. The molecule has 2 aromatic carbocycles. The van der Waals surface area contributed by atoms with Gasteiger partial charge in [-0.05, 0) is 99.7 Å². The fourth-order valence-electron chi connectivity index (χ4n) is 4.34. The number of fused-ring (bicyclic) bond motifs is 3. The van der Waals surface area contributed by atoms with E-state index < -0.39 is 0 Å². The van der Waals surface area contributed by atoms with Crippen molar-refractivity contribution in [3.8, 4) is 5.69 Å². The molecule has 156 valence electrons. The van der Waals surface area contributed by atoms with E-state index in [1.807, 2.05) is 6.08 Å². The Hall–Kier alpha value is -3.18. The molecule has 31 heavy (non-hydrogen) atoms. The summed E-state index contributed by atoms with van der Waals surface area (Å²) in [5.74, 6) is 0. The molecule has 4 nitrogen and oxygen atoms in total. The highest BCUT2D eigenvalue weighted by Crippen LogP contribution is 2.26. The highest BCUT2D eigenvalue weighted by atomic mass is 32.1. The third kappa shape index (κ3) is 2.95. The van der Waals surface area contributed by atoms with Crippen LogP contribution in [0.2, 0.25) is 0 Å². The van der Waals surface area contributed by atoms with Crippen molar-refractivity contribution in [2.24, 2.45) is 0 Å². The maximum atomic E-state index is 13.3. The second kappa shape index (κ2) is 6.92. The second-order valence-electron chi connectivity index (χ2n) is 8.45. The number of nitrogens with zero attached hydrogens (tertiary/aromatic N) is 3. The fraction of sp³-hybridized carbons (Fsp3) is 0.231. The molecule has 3 heterocycles. The van der Waals surface area contributed by atoms with Gasteiger partial charge in [0.2, 0.25) is 0 Å². The second-order valence-corrected chi connectivity index (χ2v) is 9.46. The van der Waals surface area contributed by atoms with Gasteiger partial charge in [0.25, 0.3) is 5.56 Å². The van der Waals surface area contributed by atoms with Crippen LogP contribution in [0.3, 0.4) is 0 Å². The smallest absolute Gasteiger partial charge is 0.274 e. The standard InChI is InChI=1S/C26H25N3OS/c1-14-8-7-9-22(18(14)5)28-17(4)12-20(19(28)6)13-24-25(30)29-23-11-16(3)15(2)10-21(23)27-26(29)31-24/h7-13H,1-6H3/b24-13-. The van der Waals surface area contributed by atoms with E-state index in [1.54, 1.807) is 4.40 Å². The summed E-state index contributed by atoms with van der Waals surface area (Å²) in [6, 6.07) is 12.7. The molecule has 0 radical (unpaired) electrons. The lowest BCUT2D eigenvalue weighted by molar-refractivity contribution is 0.950. The van der Waals surface area contributed by atoms with Gasteiger partial charge < -0.3 is 4.57 Å². The molecule has 5 aromatic rings. The van der Waals surface area contributed by atoms with Crippen LogP contribution in [0.1, 0.15) is 39.2 Å². The zero-order valence-corrected chi connectivity index (χ0v) is 19.5. The first-order valence-corrected chi connectivity index (χ1v) is 11.3. The molecule has 0 amide bonds. The quantitative estimate of drug-likeness (QED) is 0.393. The third-order valence-corrected chi connectivity index (χ3v) is 7.40. The van der Waals surface area contributed by atoms with Crippen LogP contribution >= 0.6 is 11.3 Å². The predicted octanol–water partition coefficient (Wildman–Crippen LogP) is 5.10. The molecule has 5 rings (SSSR count). The average Bonchev–Trinajstić information content (AvgIpc) is 3.30. The van der Waals surface area contributed by atoms with Gasteiger partial charge in [0, 0.05) is 17.1 Å². The maximum Gasteiger partial charge on any atom is 0.274 e. The molecular formula is C26H25N3OS. The van der Waals surface area contributed by atoms with E-state index in [0.717, 1.165) is 32.9 Å². The normalized spacial score (nSPS) is 12.5. The lowest BCUT2D eigenvalue weighted by Gasteiger charge is -2.14. The van der Waals surface area contributed by atoms with Crippen LogP contribution in [0.15, 0.2) is 41.2 Å². The first-order valence-electron chi connectivity index (χ1n) is 10.5. The number of hydrogen-bond donors (Lipinski definition) is 0. The molecule has 0 saturated carbocycles. The van der Waals surface area contributed by atoms with Gasteiger partial charge in [0.05, 0.1) is 15.6 Å². The van der Waals surface area contributed by atoms with Crippen LogP contribution in [-0.2, 0) is 0 Å². The SMILES string of the molecule is Cc1cc2nc3s/c(=C\c4cc(C)n(-c5cccc(C)c5C)c4C)c(=O)n3c2cc1C. The summed E-state index contributed by atoms with van der Waals surface area (Å²) in [4.78, 5) is 18.7. The Morgan fingerprint density at radius 1 is 0.935 bits per heavy atom. The molecule has 3 aromatic heterocycles. The van der Waals surface area contributed by atoms with Gasteiger partial charge in [-0.15, -0.1) is 0 Å². The highest BCUT2D eigenvalue weighted by Gasteiger charge is 2.15. The van der Waals surface area contributed by atoms with E-state index in [9.17, 15) is 4.79 Å². The Balaban J connectivity index is 1.72. The molecule has 0 saturated heterocycles. The van der Waals surface area contributed by atoms with Gasteiger partial charge >= 0.3 is 0 Å². The van der Waals surface area contributed by atoms with Crippen LogP contribution < -0.4 is 10.1 Å². The Bertz CT molecular complexity index is 1610. The monoisotopic (exact) mass is 427 g/mol. The molecule has 0 unspecified atom stereocenters. The van der Waals surface area contributed by atoms with Gasteiger partial charge in [-0.3, -0.25) is 4.79 Å². The number of imidazole rings is 1. The van der Waals surface area contributed by atoms with E-state index in [0.29, 0.717) is 4.53 Å². The molecular weight excluding hydrogens is 402 g/mol. The summed E-state index contributed by atoms with van der Waals surface area (Å²) in [5, 5.41) is 0. The summed E-state index contributed by atoms with van der Waals surface area (Å²) in [6.45, 7) is 12.7. The Kier molecular flexibility index (Phi) is 4.41. The van der Waals surface area contributed by atoms with Crippen molar-refractivity contribution in [3.63, 3.8) is 0 Å². The summed E-state index contributed by atoms with van der Waals surface area (Å²) in [5.41, 5.74) is 11.2. The lowest BCUT2D eigenvalue weighted by Crippen LogP contribution is -2.22. The van der Waals surface area contributed by atoms with Gasteiger partial charge in [-0.25, -0.2) is 9.38 Å². The highest BCUT2D eigenvalue weighted by molar-refractivity contribution is 7.15. The van der Waals surface area contributed by atoms with E-state index in [-0.39, 0.29) is 5.56 Å². The Morgan fingerprint density at radius 3 is 2.45 bits per heavy atom. The molecule has 0 aliphatic heterocycles. The minimum Gasteiger partial charge on any atom is -0.318 e. The zero-order valence-electron chi connectivity index (χ0n) is 18.7. The number of benzene rings is 2. The lowest BCUT2D eigenvalue weighted by atomic mass is 10.1. The molecule has 0 aliphatic rings. The van der Waals surface area contributed by atoms with E-state index >= 15 is 0 Å². The first-order chi connectivity index (χ1) is 14.8.